The van der Waals surface area contributed by atoms with Gasteiger partial charge >= 0.3 is 5.97 Å². The van der Waals surface area contributed by atoms with Crippen molar-refractivity contribution in [1.29, 1.82) is 0 Å². The smallest absolute Gasteiger partial charge is 0.316 e. The Balaban J connectivity index is 2.00. The number of aromatic nitrogens is 4. The van der Waals surface area contributed by atoms with E-state index in [-0.39, 0.29) is 0 Å². The monoisotopic (exact) mass is 292 g/mol. The van der Waals surface area contributed by atoms with Crippen LogP contribution in [0.1, 0.15) is 24.7 Å². The fourth-order valence-corrected chi connectivity index (χ4v) is 2.68. The van der Waals surface area contributed by atoms with Crippen LogP contribution < -0.4 is 0 Å². The fourth-order valence-electron chi connectivity index (χ4n) is 1.74. The molecule has 1 unspecified atom stereocenters. The summed E-state index contributed by atoms with van der Waals surface area (Å²) in [6.07, 6.45) is 0.584. The van der Waals surface area contributed by atoms with Crippen LogP contribution >= 0.6 is 11.8 Å². The number of carbonyl (C=O) groups is 1. The Kier molecular flexibility index (Phi) is 5.11. The Morgan fingerprint density at radius 2 is 2.15 bits per heavy atom. The van der Waals surface area contributed by atoms with Crippen LogP contribution in [-0.4, -0.2) is 36.5 Å². The predicted molar refractivity (Wildman–Crippen MR) is 76.4 cm³/mol. The third-order valence-corrected chi connectivity index (χ3v) is 4.20. The summed E-state index contributed by atoms with van der Waals surface area (Å²) >= 11 is 1.35. The maximum atomic E-state index is 11.0. The first-order valence-corrected chi connectivity index (χ1v) is 7.39. The van der Waals surface area contributed by atoms with E-state index in [2.05, 4.69) is 15.5 Å². The predicted octanol–water partition coefficient (Wildman–Crippen LogP) is 1.82. The maximum absolute atomic E-state index is 11.0. The summed E-state index contributed by atoms with van der Waals surface area (Å²) in [6.45, 7) is 2.45. The highest BCUT2D eigenvalue weighted by atomic mass is 32.2. The van der Waals surface area contributed by atoms with Gasteiger partial charge in [-0.3, -0.25) is 4.79 Å². The number of nitrogens with zero attached hydrogens (tertiary/aromatic N) is 4. The lowest BCUT2D eigenvalue weighted by Crippen LogP contribution is -2.16. The molecule has 2 rings (SSSR count). The largest absolute Gasteiger partial charge is 0.480 e. The van der Waals surface area contributed by atoms with E-state index in [1.807, 2.05) is 37.3 Å². The van der Waals surface area contributed by atoms with Crippen molar-refractivity contribution in [3.8, 4) is 0 Å². The number of carboxylic acid groups (broad SMARTS) is 1. The number of hydrogen-bond acceptors (Lipinski definition) is 5. The molecular formula is C13H16N4O2S. The van der Waals surface area contributed by atoms with E-state index in [4.69, 9.17) is 5.11 Å². The van der Waals surface area contributed by atoms with Crippen LogP contribution in [0.25, 0.3) is 0 Å². The average molecular weight is 292 g/mol. The van der Waals surface area contributed by atoms with Crippen molar-refractivity contribution in [2.75, 3.05) is 0 Å². The molecule has 0 fully saturated rings. The molecule has 1 heterocycles. The summed E-state index contributed by atoms with van der Waals surface area (Å²) in [5.74, 6) is 0.392. The summed E-state index contributed by atoms with van der Waals surface area (Å²) in [7, 11) is 0. The van der Waals surface area contributed by atoms with Crippen LogP contribution in [0, 0.1) is 0 Å². The molecule has 1 aromatic carbocycles. The van der Waals surface area contributed by atoms with Crippen molar-refractivity contribution in [2.24, 2.45) is 0 Å². The first-order chi connectivity index (χ1) is 9.70. The first-order valence-electron chi connectivity index (χ1n) is 6.34. The van der Waals surface area contributed by atoms with E-state index in [9.17, 15) is 4.79 Å². The van der Waals surface area contributed by atoms with E-state index < -0.39 is 11.2 Å². The highest BCUT2D eigenvalue weighted by molar-refractivity contribution is 7.99. The minimum absolute atomic E-state index is 0.420. The summed E-state index contributed by atoms with van der Waals surface area (Å²) in [5, 5.41) is 20.2. The Hall–Kier alpha value is -1.89. The lowest BCUT2D eigenvalue weighted by molar-refractivity contribution is -0.136. The van der Waals surface area contributed by atoms with Gasteiger partial charge in [-0.05, 0) is 22.4 Å². The molecule has 1 N–H and O–H groups in total. The topological polar surface area (TPSA) is 80.9 Å². The van der Waals surface area contributed by atoms with Crippen LogP contribution in [-0.2, 0) is 17.1 Å². The van der Waals surface area contributed by atoms with Crippen molar-refractivity contribution in [3.63, 3.8) is 0 Å². The van der Waals surface area contributed by atoms with Crippen LogP contribution in [0.2, 0.25) is 0 Å². The Morgan fingerprint density at radius 3 is 2.80 bits per heavy atom. The fraction of sp³-hybridized carbons (Fsp3) is 0.385. The number of carboxylic acids is 1. The second kappa shape index (κ2) is 7.04. The zero-order valence-electron chi connectivity index (χ0n) is 11.1. The molecule has 0 aliphatic rings. The average Bonchev–Trinajstić information content (AvgIpc) is 2.88. The number of thioether (sulfide) groups is 1. The van der Waals surface area contributed by atoms with E-state index in [0.29, 0.717) is 24.5 Å². The van der Waals surface area contributed by atoms with Crippen LogP contribution in [0.3, 0.4) is 0 Å². The minimum atomic E-state index is -0.792. The number of aliphatic carboxylic acids is 1. The van der Waals surface area contributed by atoms with Gasteiger partial charge in [-0.25, -0.2) is 4.68 Å². The quantitative estimate of drug-likeness (QED) is 0.838. The van der Waals surface area contributed by atoms with Gasteiger partial charge in [0.1, 0.15) is 5.25 Å². The van der Waals surface area contributed by atoms with Gasteiger partial charge in [0.05, 0.1) is 12.3 Å². The molecule has 0 saturated heterocycles. The van der Waals surface area contributed by atoms with Gasteiger partial charge in [-0.1, -0.05) is 37.3 Å². The lowest BCUT2D eigenvalue weighted by atomic mass is 10.2. The normalized spacial score (nSPS) is 12.2. The molecular weight excluding hydrogens is 276 g/mol. The van der Waals surface area contributed by atoms with Gasteiger partial charge in [0.2, 0.25) is 0 Å². The highest BCUT2D eigenvalue weighted by Gasteiger charge is 2.17. The van der Waals surface area contributed by atoms with Gasteiger partial charge in [-0.15, -0.1) is 16.9 Å². The molecule has 0 bridgehead atoms. The summed E-state index contributed by atoms with van der Waals surface area (Å²) in [6, 6.07) is 9.89. The maximum Gasteiger partial charge on any atom is 0.316 e. The summed E-state index contributed by atoms with van der Waals surface area (Å²) < 4.78 is 1.71. The molecule has 0 spiro atoms. The molecule has 0 saturated carbocycles. The van der Waals surface area contributed by atoms with Crippen molar-refractivity contribution in [2.45, 2.75) is 30.9 Å². The van der Waals surface area contributed by atoms with Crippen molar-refractivity contribution in [3.05, 3.63) is 41.7 Å². The third-order valence-electron chi connectivity index (χ3n) is 2.84. The van der Waals surface area contributed by atoms with Gasteiger partial charge in [0.25, 0.3) is 0 Å². The summed E-state index contributed by atoms with van der Waals surface area (Å²) in [4.78, 5) is 11.0. The van der Waals surface area contributed by atoms with E-state index >= 15 is 0 Å². The molecule has 106 valence electrons. The number of benzene rings is 1. The molecule has 0 aliphatic heterocycles. The van der Waals surface area contributed by atoms with Crippen molar-refractivity contribution < 1.29 is 9.90 Å². The van der Waals surface area contributed by atoms with Gasteiger partial charge in [0.15, 0.2) is 5.82 Å². The molecule has 0 amide bonds. The zero-order chi connectivity index (χ0) is 14.4. The zero-order valence-corrected chi connectivity index (χ0v) is 12.0. The van der Waals surface area contributed by atoms with E-state index in [1.165, 1.54) is 11.8 Å². The highest BCUT2D eigenvalue weighted by Crippen LogP contribution is 2.19. The Morgan fingerprint density at radius 1 is 1.40 bits per heavy atom. The SMILES string of the molecule is CCC(SCc1nnnn1Cc1ccccc1)C(=O)O. The summed E-state index contributed by atoms with van der Waals surface area (Å²) in [5.41, 5.74) is 1.11. The first kappa shape index (κ1) is 14.5. The molecule has 6 nitrogen and oxygen atoms in total. The molecule has 0 radical (unpaired) electrons. The van der Waals surface area contributed by atoms with Gasteiger partial charge in [-0.2, -0.15) is 0 Å². The van der Waals surface area contributed by atoms with E-state index in [1.54, 1.807) is 4.68 Å². The molecule has 20 heavy (non-hydrogen) atoms. The number of rotatable bonds is 7. The molecule has 0 aliphatic carbocycles. The number of tetrazole rings is 1. The molecule has 7 heteroatoms. The van der Waals surface area contributed by atoms with Gasteiger partial charge in [0, 0.05) is 0 Å². The van der Waals surface area contributed by atoms with Crippen LogP contribution in [0.15, 0.2) is 30.3 Å². The van der Waals surface area contributed by atoms with Crippen LogP contribution in [0.5, 0.6) is 0 Å². The van der Waals surface area contributed by atoms with E-state index in [0.717, 1.165) is 5.56 Å². The second-order valence-electron chi connectivity index (χ2n) is 4.28. The van der Waals surface area contributed by atoms with Gasteiger partial charge < -0.3 is 5.11 Å². The van der Waals surface area contributed by atoms with Crippen LogP contribution in [0.4, 0.5) is 0 Å². The standard InChI is InChI=1S/C13H16N4O2S/c1-2-11(13(18)19)20-9-12-14-15-16-17(12)8-10-6-4-3-5-7-10/h3-7,11H,2,8-9H2,1H3,(H,18,19). The molecule has 1 aromatic heterocycles. The molecule has 1 atom stereocenters. The molecule has 2 aromatic rings. The van der Waals surface area contributed by atoms with Crippen molar-refractivity contribution >= 4 is 17.7 Å². The minimum Gasteiger partial charge on any atom is -0.480 e. The number of hydrogen-bond donors (Lipinski definition) is 1. The second-order valence-corrected chi connectivity index (χ2v) is 5.48. The Bertz CT molecular complexity index is 559. The van der Waals surface area contributed by atoms with Crippen molar-refractivity contribution in [1.82, 2.24) is 20.2 Å². The Labute approximate surface area is 121 Å². The third kappa shape index (κ3) is 3.80. The lowest BCUT2D eigenvalue weighted by Gasteiger charge is -2.09.